The van der Waals surface area contributed by atoms with Gasteiger partial charge in [-0.05, 0) is 24.6 Å². The van der Waals surface area contributed by atoms with E-state index in [-0.39, 0.29) is 11.4 Å². The van der Waals surface area contributed by atoms with Crippen LogP contribution in [0.2, 0.25) is 0 Å². The van der Waals surface area contributed by atoms with E-state index in [9.17, 15) is 9.50 Å². The fraction of sp³-hybridized carbons (Fsp3) is 0.190. The molecule has 0 radical (unpaired) electrons. The molecule has 2 N–H and O–H groups in total. The Balaban J connectivity index is 1.63. The van der Waals surface area contributed by atoms with E-state index in [1.807, 2.05) is 10.8 Å². The molecule has 0 amide bonds. The summed E-state index contributed by atoms with van der Waals surface area (Å²) in [5.41, 5.74) is 1.16. The van der Waals surface area contributed by atoms with Crippen LogP contribution in [0.15, 0.2) is 49.3 Å². The largest absolute Gasteiger partial charge is 0.508 e. The normalized spacial score (nSPS) is 10.9. The molecular weight excluding hydrogens is 389 g/mol. The summed E-state index contributed by atoms with van der Waals surface area (Å²) in [4.78, 5) is 12.5. The number of phenols is 1. The van der Waals surface area contributed by atoms with Crippen molar-refractivity contribution in [3.05, 3.63) is 60.7 Å². The zero-order valence-electron chi connectivity index (χ0n) is 16.5. The molecule has 8 nitrogen and oxygen atoms in total. The number of benzene rings is 2. The SMILES string of the molecule is COc1cc2c(Nc3cc(O)c(C)cc3F)ncnc2cc1OCCn1ccnc1. The number of aryl methyl sites for hydroxylation is 1. The highest BCUT2D eigenvalue weighted by molar-refractivity contribution is 5.93. The van der Waals surface area contributed by atoms with Crippen LogP contribution >= 0.6 is 0 Å². The number of rotatable bonds is 7. The Morgan fingerprint density at radius 2 is 2.03 bits per heavy atom. The van der Waals surface area contributed by atoms with Gasteiger partial charge in [0.15, 0.2) is 11.5 Å². The molecule has 0 spiro atoms. The molecular formula is C21H20FN5O3. The number of hydrogen-bond donors (Lipinski definition) is 2. The molecule has 0 saturated carbocycles. The van der Waals surface area contributed by atoms with E-state index in [2.05, 4.69) is 20.3 Å². The number of phenolic OH excluding ortho intramolecular Hbond substituents is 1. The third-order valence-electron chi connectivity index (χ3n) is 4.63. The highest BCUT2D eigenvalue weighted by Gasteiger charge is 2.14. The van der Waals surface area contributed by atoms with Gasteiger partial charge in [0, 0.05) is 29.9 Å². The van der Waals surface area contributed by atoms with Crippen LogP contribution in [0.5, 0.6) is 17.2 Å². The van der Waals surface area contributed by atoms with E-state index in [0.717, 1.165) is 0 Å². The van der Waals surface area contributed by atoms with E-state index in [1.165, 1.54) is 18.5 Å². The van der Waals surface area contributed by atoms with Crippen LogP contribution in [-0.4, -0.2) is 38.3 Å². The first-order valence-electron chi connectivity index (χ1n) is 9.22. The van der Waals surface area contributed by atoms with Crippen molar-refractivity contribution >= 4 is 22.4 Å². The quantitative estimate of drug-likeness (QED) is 0.479. The van der Waals surface area contributed by atoms with Crippen LogP contribution in [0.3, 0.4) is 0 Å². The number of anilines is 2. The summed E-state index contributed by atoms with van der Waals surface area (Å²) in [7, 11) is 1.54. The van der Waals surface area contributed by atoms with Crippen molar-refractivity contribution < 1.29 is 19.0 Å². The molecule has 4 rings (SSSR count). The molecule has 2 aromatic heterocycles. The van der Waals surface area contributed by atoms with Crippen LogP contribution in [0.25, 0.3) is 10.9 Å². The first-order valence-corrected chi connectivity index (χ1v) is 9.22. The van der Waals surface area contributed by atoms with E-state index < -0.39 is 5.82 Å². The van der Waals surface area contributed by atoms with Gasteiger partial charge >= 0.3 is 0 Å². The van der Waals surface area contributed by atoms with Gasteiger partial charge in [0.25, 0.3) is 0 Å². The second-order valence-electron chi connectivity index (χ2n) is 6.64. The number of hydrogen-bond acceptors (Lipinski definition) is 7. The molecule has 9 heteroatoms. The number of aromatic nitrogens is 4. The number of nitrogens with one attached hydrogen (secondary N) is 1. The molecule has 0 saturated heterocycles. The summed E-state index contributed by atoms with van der Waals surface area (Å²) in [5.74, 6) is 0.907. The smallest absolute Gasteiger partial charge is 0.163 e. The lowest BCUT2D eigenvalue weighted by atomic mass is 10.1. The number of halogens is 1. The first kappa shape index (κ1) is 19.4. The van der Waals surface area contributed by atoms with Crippen molar-refractivity contribution in [3.8, 4) is 17.2 Å². The molecule has 0 aliphatic rings. The molecule has 2 aromatic carbocycles. The van der Waals surface area contributed by atoms with E-state index in [0.29, 0.717) is 46.9 Å². The Morgan fingerprint density at radius 1 is 1.17 bits per heavy atom. The van der Waals surface area contributed by atoms with Crippen LogP contribution < -0.4 is 14.8 Å². The van der Waals surface area contributed by atoms with Crippen molar-refractivity contribution in [2.75, 3.05) is 19.0 Å². The topological polar surface area (TPSA) is 94.3 Å². The Bertz CT molecular complexity index is 1180. The molecule has 0 bridgehead atoms. The van der Waals surface area contributed by atoms with Crippen LogP contribution in [-0.2, 0) is 6.54 Å². The van der Waals surface area contributed by atoms with E-state index >= 15 is 0 Å². The summed E-state index contributed by atoms with van der Waals surface area (Å²) in [5, 5.41) is 13.4. The lowest BCUT2D eigenvalue weighted by molar-refractivity contribution is 0.280. The van der Waals surface area contributed by atoms with E-state index in [1.54, 1.807) is 38.7 Å². The summed E-state index contributed by atoms with van der Waals surface area (Å²) in [6.45, 7) is 2.68. The lowest BCUT2D eigenvalue weighted by Gasteiger charge is -2.14. The number of fused-ring (bicyclic) bond motifs is 1. The Kier molecular flexibility index (Phi) is 5.34. The highest BCUT2D eigenvalue weighted by atomic mass is 19.1. The van der Waals surface area contributed by atoms with Gasteiger partial charge in [0.05, 0.1) is 31.2 Å². The minimum absolute atomic E-state index is 0.0107. The molecule has 0 fully saturated rings. The van der Waals surface area contributed by atoms with Gasteiger partial charge < -0.3 is 24.5 Å². The third kappa shape index (κ3) is 3.95. The third-order valence-corrected chi connectivity index (χ3v) is 4.63. The second-order valence-corrected chi connectivity index (χ2v) is 6.64. The Hall–Kier alpha value is -3.88. The standard InChI is InChI=1S/C21H20FN5O3/c1-13-7-15(22)17(9-18(13)28)26-21-14-8-19(29-2)20(10-16(14)24-11-25-21)30-6-5-27-4-3-23-12-27/h3-4,7-12,28H,5-6H2,1-2H3,(H,24,25,26). The predicted molar refractivity (Wildman–Crippen MR) is 110 cm³/mol. The monoisotopic (exact) mass is 409 g/mol. The summed E-state index contributed by atoms with van der Waals surface area (Å²) in [6, 6.07) is 6.06. The minimum atomic E-state index is -0.497. The van der Waals surface area contributed by atoms with Crippen molar-refractivity contribution in [1.82, 2.24) is 19.5 Å². The molecule has 2 heterocycles. The van der Waals surface area contributed by atoms with Crippen molar-refractivity contribution in [3.63, 3.8) is 0 Å². The Morgan fingerprint density at radius 3 is 2.80 bits per heavy atom. The van der Waals surface area contributed by atoms with Gasteiger partial charge in [-0.25, -0.2) is 19.3 Å². The molecule has 0 aliphatic carbocycles. The number of nitrogens with zero attached hydrogens (tertiary/aromatic N) is 4. The molecule has 154 valence electrons. The average molecular weight is 409 g/mol. The molecule has 0 atom stereocenters. The van der Waals surface area contributed by atoms with Crippen LogP contribution in [0, 0.1) is 12.7 Å². The molecule has 0 unspecified atom stereocenters. The summed E-state index contributed by atoms with van der Waals surface area (Å²) < 4.78 is 27.6. The zero-order chi connectivity index (χ0) is 21.1. The molecule has 0 aliphatic heterocycles. The average Bonchev–Trinajstić information content (AvgIpc) is 3.25. The number of methoxy groups -OCH3 is 1. The maximum atomic E-state index is 14.3. The molecule has 30 heavy (non-hydrogen) atoms. The van der Waals surface area contributed by atoms with E-state index in [4.69, 9.17) is 9.47 Å². The summed E-state index contributed by atoms with van der Waals surface area (Å²) >= 11 is 0. The van der Waals surface area contributed by atoms with Gasteiger partial charge in [0.2, 0.25) is 0 Å². The van der Waals surface area contributed by atoms with Crippen LogP contribution in [0.4, 0.5) is 15.9 Å². The van der Waals surface area contributed by atoms with Gasteiger partial charge in [-0.3, -0.25) is 0 Å². The van der Waals surface area contributed by atoms with Gasteiger partial charge in [0.1, 0.15) is 30.3 Å². The minimum Gasteiger partial charge on any atom is -0.508 e. The van der Waals surface area contributed by atoms with Crippen molar-refractivity contribution in [2.24, 2.45) is 0 Å². The zero-order valence-corrected chi connectivity index (χ0v) is 16.5. The fourth-order valence-corrected chi connectivity index (χ4v) is 3.00. The van der Waals surface area contributed by atoms with Crippen LogP contribution in [0.1, 0.15) is 5.56 Å². The van der Waals surface area contributed by atoms with Gasteiger partial charge in [-0.15, -0.1) is 0 Å². The number of ether oxygens (including phenoxy) is 2. The second kappa shape index (κ2) is 8.24. The Labute approximate surface area is 172 Å². The summed E-state index contributed by atoms with van der Waals surface area (Å²) in [6.07, 6.45) is 6.65. The number of imidazole rings is 1. The maximum absolute atomic E-state index is 14.3. The van der Waals surface area contributed by atoms with Gasteiger partial charge in [-0.1, -0.05) is 0 Å². The highest BCUT2D eigenvalue weighted by Crippen LogP contribution is 2.35. The van der Waals surface area contributed by atoms with Crippen molar-refractivity contribution in [1.29, 1.82) is 0 Å². The van der Waals surface area contributed by atoms with Crippen molar-refractivity contribution in [2.45, 2.75) is 13.5 Å². The maximum Gasteiger partial charge on any atom is 0.163 e. The fourth-order valence-electron chi connectivity index (χ4n) is 3.00. The van der Waals surface area contributed by atoms with Gasteiger partial charge in [-0.2, -0.15) is 0 Å². The first-order chi connectivity index (χ1) is 14.5. The lowest BCUT2D eigenvalue weighted by Crippen LogP contribution is -2.07. The predicted octanol–water partition coefficient (Wildman–Crippen LogP) is 3.81. The number of aromatic hydroxyl groups is 1. The molecule has 4 aromatic rings.